The Labute approximate surface area is 158 Å². The fraction of sp³-hybridized carbons (Fsp3) is 0.529. The Balaban J connectivity index is 2.14. The Bertz CT molecular complexity index is 788. The molecule has 1 amide bonds. The van der Waals surface area contributed by atoms with Gasteiger partial charge in [0.2, 0.25) is 15.9 Å². The van der Waals surface area contributed by atoms with E-state index in [2.05, 4.69) is 0 Å². The Kier molecular flexibility index (Phi) is 6.52. The van der Waals surface area contributed by atoms with E-state index in [9.17, 15) is 18.0 Å². The highest BCUT2D eigenvalue weighted by atomic mass is 35.5. The number of anilines is 1. The van der Waals surface area contributed by atoms with E-state index in [4.69, 9.17) is 16.3 Å². The van der Waals surface area contributed by atoms with Crippen molar-refractivity contribution in [2.45, 2.75) is 19.8 Å². The van der Waals surface area contributed by atoms with Crippen LogP contribution < -0.4 is 4.31 Å². The maximum Gasteiger partial charge on any atom is 0.308 e. The largest absolute Gasteiger partial charge is 0.469 e. The Morgan fingerprint density at radius 3 is 2.46 bits per heavy atom. The lowest BCUT2D eigenvalue weighted by molar-refractivity contribution is -0.148. The van der Waals surface area contributed by atoms with E-state index in [0.29, 0.717) is 42.2 Å². The van der Waals surface area contributed by atoms with Crippen LogP contribution in [0.15, 0.2) is 18.2 Å². The van der Waals surface area contributed by atoms with Crippen LogP contribution >= 0.6 is 11.6 Å². The number of piperidine rings is 1. The molecule has 0 atom stereocenters. The smallest absolute Gasteiger partial charge is 0.308 e. The number of ether oxygens (including phenoxy) is 1. The maximum absolute atomic E-state index is 12.6. The highest BCUT2D eigenvalue weighted by Crippen LogP contribution is 2.27. The van der Waals surface area contributed by atoms with Gasteiger partial charge >= 0.3 is 5.97 Å². The van der Waals surface area contributed by atoms with Gasteiger partial charge < -0.3 is 9.64 Å². The van der Waals surface area contributed by atoms with Gasteiger partial charge in [-0.25, -0.2) is 8.42 Å². The molecule has 0 aliphatic carbocycles. The van der Waals surface area contributed by atoms with Gasteiger partial charge in [-0.3, -0.25) is 13.9 Å². The van der Waals surface area contributed by atoms with Gasteiger partial charge in [-0.2, -0.15) is 0 Å². The third-order valence-corrected chi connectivity index (χ3v) is 5.86. The molecule has 0 saturated carbocycles. The molecule has 144 valence electrons. The molecule has 1 heterocycles. The number of aryl methyl sites for hydroxylation is 1. The lowest BCUT2D eigenvalue weighted by Gasteiger charge is -2.33. The van der Waals surface area contributed by atoms with Gasteiger partial charge in [0.1, 0.15) is 6.54 Å². The van der Waals surface area contributed by atoms with Crippen LogP contribution in [0.5, 0.6) is 0 Å². The Morgan fingerprint density at radius 1 is 1.31 bits per heavy atom. The number of esters is 1. The molecular weight excluding hydrogens is 380 g/mol. The molecule has 0 radical (unpaired) electrons. The molecule has 26 heavy (non-hydrogen) atoms. The van der Waals surface area contributed by atoms with E-state index in [0.717, 1.165) is 10.6 Å². The van der Waals surface area contributed by atoms with Crippen molar-refractivity contribution >= 4 is 39.2 Å². The van der Waals surface area contributed by atoms with E-state index in [1.807, 2.05) is 0 Å². The van der Waals surface area contributed by atoms with Crippen LogP contribution in [0.1, 0.15) is 18.4 Å². The number of rotatable bonds is 5. The first-order chi connectivity index (χ1) is 12.1. The molecule has 1 aliphatic rings. The second-order valence-corrected chi connectivity index (χ2v) is 8.72. The molecule has 1 aromatic rings. The summed E-state index contributed by atoms with van der Waals surface area (Å²) in [4.78, 5) is 25.8. The summed E-state index contributed by atoms with van der Waals surface area (Å²) >= 11 is 6.00. The molecule has 2 rings (SSSR count). The number of methoxy groups -OCH3 is 1. The van der Waals surface area contributed by atoms with Crippen molar-refractivity contribution in [2.75, 3.05) is 37.3 Å². The highest BCUT2D eigenvalue weighted by Gasteiger charge is 2.30. The molecule has 0 bridgehead atoms. The first-order valence-corrected chi connectivity index (χ1v) is 10.5. The summed E-state index contributed by atoms with van der Waals surface area (Å²) in [6.45, 7) is 2.24. The van der Waals surface area contributed by atoms with Gasteiger partial charge in [-0.15, -0.1) is 0 Å². The van der Waals surface area contributed by atoms with Crippen LogP contribution in [0.25, 0.3) is 0 Å². The van der Waals surface area contributed by atoms with Gasteiger partial charge in [-0.1, -0.05) is 17.7 Å². The van der Waals surface area contributed by atoms with Gasteiger partial charge in [0.25, 0.3) is 0 Å². The van der Waals surface area contributed by atoms with Crippen LogP contribution in [0.4, 0.5) is 5.69 Å². The molecule has 1 aliphatic heterocycles. The minimum absolute atomic E-state index is 0.217. The third kappa shape index (κ3) is 4.88. The predicted octanol–water partition coefficient (Wildman–Crippen LogP) is 1.83. The normalized spacial score (nSPS) is 15.6. The lowest BCUT2D eigenvalue weighted by Crippen LogP contribution is -2.46. The Morgan fingerprint density at radius 2 is 1.92 bits per heavy atom. The Hall–Kier alpha value is -1.80. The first-order valence-electron chi connectivity index (χ1n) is 8.23. The number of sulfonamides is 1. The summed E-state index contributed by atoms with van der Waals surface area (Å²) in [6.07, 6.45) is 2.07. The van der Waals surface area contributed by atoms with Crippen molar-refractivity contribution in [1.82, 2.24) is 4.90 Å². The van der Waals surface area contributed by atoms with Crippen molar-refractivity contribution in [1.29, 1.82) is 0 Å². The van der Waals surface area contributed by atoms with E-state index in [-0.39, 0.29) is 24.3 Å². The molecule has 0 spiro atoms. The average molecular weight is 403 g/mol. The molecule has 0 unspecified atom stereocenters. The minimum Gasteiger partial charge on any atom is -0.469 e. The van der Waals surface area contributed by atoms with Crippen LogP contribution in [-0.4, -0.2) is 58.2 Å². The zero-order chi connectivity index (χ0) is 19.5. The topological polar surface area (TPSA) is 84.0 Å². The monoisotopic (exact) mass is 402 g/mol. The number of hydrogen-bond acceptors (Lipinski definition) is 5. The fourth-order valence-corrected chi connectivity index (χ4v) is 4.05. The summed E-state index contributed by atoms with van der Waals surface area (Å²) in [7, 11) is -2.32. The summed E-state index contributed by atoms with van der Waals surface area (Å²) in [6, 6.07) is 4.91. The predicted molar refractivity (Wildman–Crippen MR) is 99.7 cm³/mol. The summed E-state index contributed by atoms with van der Waals surface area (Å²) in [5, 5.41) is 0.394. The van der Waals surface area contributed by atoms with Gasteiger partial charge in [0.05, 0.1) is 25.0 Å². The molecule has 7 nitrogen and oxygen atoms in total. The summed E-state index contributed by atoms with van der Waals surface area (Å²) < 4.78 is 30.3. The van der Waals surface area contributed by atoms with Gasteiger partial charge in [0, 0.05) is 18.1 Å². The summed E-state index contributed by atoms with van der Waals surface area (Å²) in [5.74, 6) is -0.798. The lowest BCUT2D eigenvalue weighted by atomic mass is 9.97. The number of carbonyl (C=O) groups is 2. The van der Waals surface area contributed by atoms with Crippen molar-refractivity contribution in [3.63, 3.8) is 0 Å². The van der Waals surface area contributed by atoms with Crippen LogP contribution in [0.2, 0.25) is 5.02 Å². The number of nitrogens with zero attached hydrogens (tertiary/aromatic N) is 2. The van der Waals surface area contributed by atoms with Crippen molar-refractivity contribution in [3.05, 3.63) is 28.8 Å². The maximum atomic E-state index is 12.6. The van der Waals surface area contributed by atoms with E-state index < -0.39 is 10.0 Å². The van der Waals surface area contributed by atoms with Crippen LogP contribution in [0.3, 0.4) is 0 Å². The van der Waals surface area contributed by atoms with Crippen molar-refractivity contribution < 1.29 is 22.7 Å². The number of carbonyl (C=O) groups excluding carboxylic acids is 2. The quantitative estimate of drug-likeness (QED) is 0.701. The summed E-state index contributed by atoms with van der Waals surface area (Å²) in [5.41, 5.74) is 1.09. The molecule has 1 saturated heterocycles. The number of benzene rings is 1. The SMILES string of the molecule is COC(=O)C1CCN(C(=O)CN(c2cc(Cl)ccc2C)S(C)(=O)=O)CC1. The van der Waals surface area contributed by atoms with Crippen molar-refractivity contribution in [2.24, 2.45) is 5.92 Å². The van der Waals surface area contributed by atoms with Gasteiger partial charge in [-0.05, 0) is 37.5 Å². The van der Waals surface area contributed by atoms with Crippen LogP contribution in [0, 0.1) is 12.8 Å². The van der Waals surface area contributed by atoms with E-state index in [1.54, 1.807) is 24.0 Å². The zero-order valence-electron chi connectivity index (χ0n) is 15.1. The second-order valence-electron chi connectivity index (χ2n) is 6.38. The molecule has 1 fully saturated rings. The van der Waals surface area contributed by atoms with Gasteiger partial charge in [0.15, 0.2) is 0 Å². The second kappa shape index (κ2) is 8.26. The van der Waals surface area contributed by atoms with Crippen molar-refractivity contribution in [3.8, 4) is 0 Å². The molecule has 0 N–H and O–H groups in total. The van der Waals surface area contributed by atoms with Crippen LogP contribution in [-0.2, 0) is 24.3 Å². The standard InChI is InChI=1S/C17H23ClN2O5S/c1-12-4-5-14(18)10-15(12)20(26(3,23)24)11-16(21)19-8-6-13(7-9-19)17(22)25-2/h4-5,10,13H,6-9,11H2,1-3H3. The van der Waals surface area contributed by atoms with E-state index in [1.165, 1.54) is 13.2 Å². The zero-order valence-corrected chi connectivity index (χ0v) is 16.6. The first kappa shape index (κ1) is 20.5. The third-order valence-electron chi connectivity index (χ3n) is 4.50. The molecule has 9 heteroatoms. The average Bonchev–Trinajstić information content (AvgIpc) is 2.60. The molecular formula is C17H23ClN2O5S. The number of hydrogen-bond donors (Lipinski definition) is 0. The van der Waals surface area contributed by atoms with E-state index >= 15 is 0 Å². The highest BCUT2D eigenvalue weighted by molar-refractivity contribution is 7.92. The minimum atomic E-state index is -3.67. The number of halogens is 1. The molecule has 1 aromatic carbocycles. The fourth-order valence-electron chi connectivity index (χ4n) is 2.99. The molecule has 0 aromatic heterocycles. The number of amides is 1. The number of likely N-dealkylation sites (tertiary alicyclic amines) is 1.